The molecule has 0 aliphatic carbocycles. The number of allylic oxidation sites excluding steroid dienone is 1. The maximum atomic E-state index is 12.8. The van der Waals surface area contributed by atoms with Gasteiger partial charge in [0.1, 0.15) is 17.2 Å². The molecule has 34 heavy (non-hydrogen) atoms. The molecule has 4 rings (SSSR count). The molecule has 0 bridgehead atoms. The fourth-order valence-corrected chi connectivity index (χ4v) is 4.08. The highest BCUT2D eigenvalue weighted by Crippen LogP contribution is 2.39. The van der Waals surface area contributed by atoms with Crippen LogP contribution in [-0.4, -0.2) is 44.9 Å². The monoisotopic (exact) mass is 460 g/mol. The van der Waals surface area contributed by atoms with Crippen molar-refractivity contribution in [1.82, 2.24) is 24.9 Å². The van der Waals surface area contributed by atoms with Crippen LogP contribution in [-0.2, 0) is 0 Å². The molecular formula is C24H28N8O2. The van der Waals surface area contributed by atoms with Crippen molar-refractivity contribution >= 4 is 29.2 Å². The van der Waals surface area contributed by atoms with E-state index in [2.05, 4.69) is 26.9 Å². The van der Waals surface area contributed by atoms with Gasteiger partial charge < -0.3 is 26.1 Å². The highest BCUT2D eigenvalue weighted by Gasteiger charge is 2.30. The SMILES string of the molecule is C=Cc1cnc(OC)c([C@H]2CCCN2c2ccn3ncc(C(=O)N/C(N)=C/C(=N)CC)c3n2)c1. The molecule has 0 saturated carbocycles. The van der Waals surface area contributed by atoms with Crippen LogP contribution >= 0.6 is 0 Å². The van der Waals surface area contributed by atoms with Crippen LogP contribution in [0.1, 0.15) is 53.7 Å². The third kappa shape index (κ3) is 4.47. The lowest BCUT2D eigenvalue weighted by molar-refractivity contribution is 0.0967. The van der Waals surface area contributed by atoms with Crippen molar-refractivity contribution in [3.8, 4) is 5.88 Å². The molecular weight excluding hydrogens is 432 g/mol. The number of amides is 1. The van der Waals surface area contributed by atoms with E-state index in [0.29, 0.717) is 29.2 Å². The Bertz CT molecular complexity index is 1280. The zero-order valence-corrected chi connectivity index (χ0v) is 19.3. The molecule has 1 fully saturated rings. The first-order valence-electron chi connectivity index (χ1n) is 11.1. The Kier molecular flexibility index (Phi) is 6.58. The number of ether oxygens (including phenoxy) is 1. The second-order valence-electron chi connectivity index (χ2n) is 7.97. The summed E-state index contributed by atoms with van der Waals surface area (Å²) in [5.74, 6) is 0.980. The van der Waals surface area contributed by atoms with Crippen LogP contribution in [0.15, 0.2) is 49.2 Å². The van der Waals surface area contributed by atoms with Crippen LogP contribution in [0.25, 0.3) is 11.7 Å². The largest absolute Gasteiger partial charge is 0.481 e. The van der Waals surface area contributed by atoms with Gasteiger partial charge in [0.15, 0.2) is 5.65 Å². The number of hydrogen-bond acceptors (Lipinski definition) is 8. The average Bonchev–Trinajstić information content (AvgIpc) is 3.50. The fraction of sp³-hybridized carbons (Fsp3) is 0.292. The summed E-state index contributed by atoms with van der Waals surface area (Å²) in [5, 5.41) is 14.6. The predicted octanol–water partition coefficient (Wildman–Crippen LogP) is 3.08. The minimum Gasteiger partial charge on any atom is -0.481 e. The van der Waals surface area contributed by atoms with E-state index in [9.17, 15) is 4.79 Å². The predicted molar refractivity (Wildman–Crippen MR) is 131 cm³/mol. The second kappa shape index (κ2) is 9.74. The van der Waals surface area contributed by atoms with Gasteiger partial charge in [-0.15, -0.1) is 0 Å². The van der Waals surface area contributed by atoms with Gasteiger partial charge in [-0.05, 0) is 43.0 Å². The first-order chi connectivity index (χ1) is 16.4. The van der Waals surface area contributed by atoms with Crippen LogP contribution in [0.4, 0.5) is 5.82 Å². The molecule has 1 aliphatic rings. The number of fused-ring (bicyclic) bond motifs is 1. The number of carbonyl (C=O) groups excluding carboxylic acids is 1. The van der Waals surface area contributed by atoms with Gasteiger partial charge in [-0.3, -0.25) is 4.79 Å². The first-order valence-corrected chi connectivity index (χ1v) is 11.1. The minimum absolute atomic E-state index is 0.0242. The molecule has 1 saturated heterocycles. The second-order valence-corrected chi connectivity index (χ2v) is 7.97. The number of hydrogen-bond donors (Lipinski definition) is 3. The summed E-state index contributed by atoms with van der Waals surface area (Å²) < 4.78 is 7.08. The first kappa shape index (κ1) is 23.0. The van der Waals surface area contributed by atoms with Gasteiger partial charge in [-0.1, -0.05) is 19.6 Å². The molecule has 1 aliphatic heterocycles. The molecule has 10 heteroatoms. The summed E-state index contributed by atoms with van der Waals surface area (Å²) in [5.41, 5.74) is 8.80. The van der Waals surface area contributed by atoms with E-state index in [1.54, 1.807) is 30.1 Å². The van der Waals surface area contributed by atoms with E-state index in [0.717, 1.165) is 36.3 Å². The number of pyridine rings is 1. The third-order valence-corrected chi connectivity index (χ3v) is 5.80. The lowest BCUT2D eigenvalue weighted by Crippen LogP contribution is -2.28. The van der Waals surface area contributed by atoms with E-state index < -0.39 is 5.91 Å². The molecule has 3 aromatic rings. The van der Waals surface area contributed by atoms with E-state index in [4.69, 9.17) is 20.9 Å². The summed E-state index contributed by atoms with van der Waals surface area (Å²) in [4.78, 5) is 24.2. The quantitative estimate of drug-likeness (QED) is 0.440. The number of carbonyl (C=O) groups is 1. The van der Waals surface area contributed by atoms with Crippen molar-refractivity contribution < 1.29 is 9.53 Å². The number of nitrogens with one attached hydrogen (secondary N) is 2. The van der Waals surface area contributed by atoms with Gasteiger partial charge in [0, 0.05) is 30.2 Å². The Morgan fingerprint density at radius 2 is 2.26 bits per heavy atom. The lowest BCUT2D eigenvalue weighted by Gasteiger charge is -2.27. The molecule has 176 valence electrons. The molecule has 0 radical (unpaired) electrons. The van der Waals surface area contributed by atoms with Crippen molar-refractivity contribution in [3.05, 3.63) is 65.9 Å². The number of anilines is 1. The van der Waals surface area contributed by atoms with Gasteiger partial charge in [-0.25, -0.2) is 14.5 Å². The van der Waals surface area contributed by atoms with Crippen LogP contribution in [0.3, 0.4) is 0 Å². The Labute approximate surface area is 197 Å². The molecule has 0 unspecified atom stereocenters. The van der Waals surface area contributed by atoms with Gasteiger partial charge in [-0.2, -0.15) is 5.10 Å². The van der Waals surface area contributed by atoms with Crippen molar-refractivity contribution in [3.63, 3.8) is 0 Å². The van der Waals surface area contributed by atoms with E-state index in [1.807, 2.05) is 19.1 Å². The van der Waals surface area contributed by atoms with Crippen molar-refractivity contribution in [2.45, 2.75) is 32.2 Å². The van der Waals surface area contributed by atoms with E-state index in [-0.39, 0.29) is 11.9 Å². The Morgan fingerprint density at radius 3 is 3.00 bits per heavy atom. The van der Waals surface area contributed by atoms with Gasteiger partial charge >= 0.3 is 0 Å². The van der Waals surface area contributed by atoms with Crippen LogP contribution < -0.4 is 20.7 Å². The molecule has 4 N–H and O–H groups in total. The topological polar surface area (TPSA) is 135 Å². The molecule has 1 amide bonds. The molecule has 4 heterocycles. The minimum atomic E-state index is -0.431. The standard InChI is InChI=1S/C24H28N8O2/c1-4-15-11-17(24(34-3)27-13-15)19-7-6-9-31(19)21-8-10-32-22(30-21)18(14-28-32)23(33)29-20(26)12-16(25)5-2/h4,8,10-14,19,25H,1,5-7,9,26H2,2-3H3,(H,29,33)/b20-12+,25-16?/t19-/m1/s1. The highest BCUT2D eigenvalue weighted by molar-refractivity contribution is 6.01. The van der Waals surface area contributed by atoms with Crippen molar-refractivity contribution in [1.29, 1.82) is 5.41 Å². The van der Waals surface area contributed by atoms with Gasteiger partial charge in [0.2, 0.25) is 5.88 Å². The number of nitrogens with two attached hydrogens (primary N) is 1. The lowest BCUT2D eigenvalue weighted by atomic mass is 10.0. The summed E-state index contributed by atoms with van der Waals surface area (Å²) in [6, 6.07) is 3.95. The summed E-state index contributed by atoms with van der Waals surface area (Å²) >= 11 is 0. The Balaban J connectivity index is 1.67. The Morgan fingerprint density at radius 1 is 1.44 bits per heavy atom. The smallest absolute Gasteiger partial charge is 0.262 e. The zero-order valence-electron chi connectivity index (χ0n) is 19.3. The zero-order chi connectivity index (χ0) is 24.2. The van der Waals surface area contributed by atoms with Crippen LogP contribution in [0.5, 0.6) is 5.88 Å². The van der Waals surface area contributed by atoms with E-state index >= 15 is 0 Å². The number of methoxy groups -OCH3 is 1. The maximum Gasteiger partial charge on any atom is 0.262 e. The van der Waals surface area contributed by atoms with Gasteiger partial charge in [0.25, 0.3) is 5.91 Å². The van der Waals surface area contributed by atoms with Crippen LogP contribution in [0.2, 0.25) is 0 Å². The number of rotatable bonds is 8. The number of nitrogens with zero attached hydrogens (tertiary/aromatic N) is 5. The summed E-state index contributed by atoms with van der Waals surface area (Å²) in [6.45, 7) is 6.50. The Hall–Kier alpha value is -4.21. The fourth-order valence-electron chi connectivity index (χ4n) is 4.08. The molecule has 3 aromatic heterocycles. The van der Waals surface area contributed by atoms with Crippen molar-refractivity contribution in [2.75, 3.05) is 18.6 Å². The highest BCUT2D eigenvalue weighted by atomic mass is 16.5. The average molecular weight is 461 g/mol. The van der Waals surface area contributed by atoms with Crippen LogP contribution in [0, 0.1) is 5.41 Å². The summed E-state index contributed by atoms with van der Waals surface area (Å²) in [7, 11) is 1.61. The van der Waals surface area contributed by atoms with E-state index in [1.165, 1.54) is 12.3 Å². The molecule has 0 aromatic carbocycles. The van der Waals surface area contributed by atoms with Gasteiger partial charge in [0.05, 0.1) is 19.3 Å². The number of aromatic nitrogens is 4. The molecule has 10 nitrogen and oxygen atoms in total. The third-order valence-electron chi connectivity index (χ3n) is 5.80. The normalized spacial score (nSPS) is 16.0. The molecule has 1 atom stereocenters. The maximum absolute atomic E-state index is 12.8. The molecule has 0 spiro atoms. The van der Waals surface area contributed by atoms with Crippen molar-refractivity contribution in [2.24, 2.45) is 5.73 Å². The summed E-state index contributed by atoms with van der Waals surface area (Å²) in [6.07, 6.45) is 10.6.